The first kappa shape index (κ1) is 30.8. The summed E-state index contributed by atoms with van der Waals surface area (Å²) in [5.74, 6) is -1.72. The van der Waals surface area contributed by atoms with Crippen LogP contribution in [-0.4, -0.2) is 93.4 Å². The van der Waals surface area contributed by atoms with Crippen LogP contribution in [0.2, 0.25) is 0 Å². The van der Waals surface area contributed by atoms with Gasteiger partial charge in [0.2, 0.25) is 0 Å². The molecule has 0 aliphatic carbocycles. The van der Waals surface area contributed by atoms with Crippen LogP contribution in [-0.2, 0) is 4.74 Å². The zero-order valence-electron chi connectivity index (χ0n) is 25.7. The summed E-state index contributed by atoms with van der Waals surface area (Å²) in [5, 5.41) is 4.74. The van der Waals surface area contributed by atoms with Gasteiger partial charge in [-0.1, -0.05) is 0 Å². The lowest BCUT2D eigenvalue weighted by atomic mass is 9.96. The number of ether oxygens (including phenoxy) is 2. The van der Waals surface area contributed by atoms with E-state index < -0.39 is 23.1 Å². The van der Waals surface area contributed by atoms with Crippen molar-refractivity contribution in [2.24, 2.45) is 5.73 Å². The van der Waals surface area contributed by atoms with Gasteiger partial charge in [-0.25, -0.2) is 18.3 Å². The Morgan fingerprint density at radius 2 is 1.56 bits per heavy atom. The lowest BCUT2D eigenvalue weighted by Gasteiger charge is -2.54. The number of nitrogens with zero attached hydrogens (tertiary/aromatic N) is 5. The lowest BCUT2D eigenvalue weighted by molar-refractivity contribution is -0.0624. The minimum absolute atomic E-state index is 0.0161. The van der Waals surface area contributed by atoms with Gasteiger partial charge in [0.25, 0.3) is 5.91 Å². The van der Waals surface area contributed by atoms with Crippen LogP contribution in [0.3, 0.4) is 0 Å². The highest BCUT2D eigenvalue weighted by molar-refractivity contribution is 6.03. The van der Waals surface area contributed by atoms with Gasteiger partial charge in [0.1, 0.15) is 34.2 Å². The number of nitrogens with two attached hydrogens (primary N) is 2. The number of carbonyl (C=O) groups is 2. The molecule has 0 unspecified atom stereocenters. The highest BCUT2D eigenvalue weighted by Crippen LogP contribution is 2.35. The third-order valence-electron chi connectivity index (χ3n) is 8.73. The van der Waals surface area contributed by atoms with Crippen LogP contribution in [0.15, 0.2) is 42.5 Å². The normalized spacial score (nSPS) is 18.8. The molecule has 0 spiro atoms. The van der Waals surface area contributed by atoms with Crippen molar-refractivity contribution < 1.29 is 27.8 Å². The van der Waals surface area contributed by atoms with Gasteiger partial charge in [0.15, 0.2) is 11.6 Å². The predicted molar refractivity (Wildman–Crippen MR) is 164 cm³/mol. The van der Waals surface area contributed by atoms with E-state index in [-0.39, 0.29) is 29.3 Å². The Labute approximate surface area is 260 Å². The summed E-state index contributed by atoms with van der Waals surface area (Å²) in [5.41, 5.74) is 12.8. The Hall–Kier alpha value is -4.23. The van der Waals surface area contributed by atoms with Gasteiger partial charge in [-0.2, -0.15) is 5.10 Å². The second kappa shape index (κ2) is 11.9. The number of benzene rings is 2. The third-order valence-corrected chi connectivity index (χ3v) is 8.73. The fourth-order valence-corrected chi connectivity index (χ4v) is 6.21. The SMILES string of the molecule is CC(C)(C)OC(=O)N1CC(N2CC(N3CCC(n4nc(-c5ccc(Oc6ccc(F)cc6F)cc5)c(C(N)=O)c4N)CC3)C2)C1. The maximum Gasteiger partial charge on any atom is 0.410 e. The molecular formula is C32H39F2N7O4. The van der Waals surface area contributed by atoms with Crippen LogP contribution in [0, 0.1) is 11.6 Å². The minimum Gasteiger partial charge on any atom is -0.454 e. The first-order chi connectivity index (χ1) is 21.4. The van der Waals surface area contributed by atoms with Crippen molar-refractivity contribution in [1.29, 1.82) is 0 Å². The number of primary amides is 1. The molecule has 0 bridgehead atoms. The smallest absolute Gasteiger partial charge is 0.410 e. The molecule has 1 aromatic heterocycles. The number of rotatable bonds is 7. The van der Waals surface area contributed by atoms with Crippen molar-refractivity contribution in [1.82, 2.24) is 24.5 Å². The van der Waals surface area contributed by atoms with E-state index >= 15 is 0 Å². The average Bonchev–Trinajstić information content (AvgIpc) is 3.27. The zero-order chi connectivity index (χ0) is 32.0. The van der Waals surface area contributed by atoms with Gasteiger partial charge >= 0.3 is 6.09 Å². The van der Waals surface area contributed by atoms with Crippen molar-refractivity contribution in [3.05, 3.63) is 59.7 Å². The Bertz CT molecular complexity index is 1570. The highest BCUT2D eigenvalue weighted by atomic mass is 19.1. The van der Waals surface area contributed by atoms with E-state index in [1.54, 1.807) is 33.8 Å². The Morgan fingerprint density at radius 3 is 2.16 bits per heavy atom. The summed E-state index contributed by atoms with van der Waals surface area (Å²) in [6, 6.07) is 10.5. The molecule has 3 saturated heterocycles. The monoisotopic (exact) mass is 623 g/mol. The number of hydrogen-bond acceptors (Lipinski definition) is 8. The van der Waals surface area contributed by atoms with Gasteiger partial charge in [0, 0.05) is 63.0 Å². The number of piperidine rings is 1. The summed E-state index contributed by atoms with van der Waals surface area (Å²) >= 11 is 0. The molecule has 4 N–H and O–H groups in total. The molecule has 3 fully saturated rings. The van der Waals surface area contributed by atoms with E-state index in [4.69, 9.17) is 26.0 Å². The Kier molecular flexibility index (Phi) is 8.16. The Balaban J connectivity index is 1.04. The number of carbonyl (C=O) groups excluding carboxylic acids is 2. The molecule has 240 valence electrons. The molecule has 45 heavy (non-hydrogen) atoms. The van der Waals surface area contributed by atoms with Crippen LogP contribution in [0.1, 0.15) is 50.0 Å². The second-order valence-corrected chi connectivity index (χ2v) is 13.0. The highest BCUT2D eigenvalue weighted by Gasteiger charge is 2.44. The minimum atomic E-state index is -0.813. The molecule has 0 saturated carbocycles. The maximum absolute atomic E-state index is 14.0. The van der Waals surface area contributed by atoms with Gasteiger partial charge < -0.3 is 25.8 Å². The van der Waals surface area contributed by atoms with E-state index in [2.05, 4.69) is 9.80 Å². The molecule has 2 amide bonds. The van der Waals surface area contributed by atoms with Crippen molar-refractivity contribution >= 4 is 17.8 Å². The largest absolute Gasteiger partial charge is 0.454 e. The van der Waals surface area contributed by atoms with E-state index in [1.807, 2.05) is 20.8 Å². The molecule has 3 aromatic rings. The molecule has 2 aromatic carbocycles. The molecule has 4 heterocycles. The van der Waals surface area contributed by atoms with E-state index in [9.17, 15) is 18.4 Å². The number of nitrogen functional groups attached to an aromatic ring is 1. The predicted octanol–water partition coefficient (Wildman–Crippen LogP) is 4.24. The van der Waals surface area contributed by atoms with Crippen molar-refractivity contribution in [3.63, 3.8) is 0 Å². The number of amides is 2. The fourth-order valence-electron chi connectivity index (χ4n) is 6.21. The third kappa shape index (κ3) is 6.45. The Morgan fingerprint density at radius 1 is 0.911 bits per heavy atom. The molecule has 0 atom stereocenters. The number of anilines is 1. The van der Waals surface area contributed by atoms with Gasteiger partial charge in [0.05, 0.1) is 6.04 Å². The summed E-state index contributed by atoms with van der Waals surface area (Å²) in [4.78, 5) is 31.4. The van der Waals surface area contributed by atoms with Gasteiger partial charge in [-0.3, -0.25) is 14.6 Å². The summed E-state index contributed by atoms with van der Waals surface area (Å²) in [7, 11) is 0. The molecule has 3 aliphatic rings. The van der Waals surface area contributed by atoms with Crippen LogP contribution in [0.5, 0.6) is 11.5 Å². The maximum atomic E-state index is 14.0. The van der Waals surface area contributed by atoms with Crippen LogP contribution < -0.4 is 16.2 Å². The van der Waals surface area contributed by atoms with E-state index in [1.165, 1.54) is 6.07 Å². The number of halogens is 2. The van der Waals surface area contributed by atoms with Crippen molar-refractivity contribution in [2.75, 3.05) is 45.0 Å². The average molecular weight is 624 g/mol. The number of likely N-dealkylation sites (tertiary alicyclic amines) is 3. The molecule has 11 nitrogen and oxygen atoms in total. The summed E-state index contributed by atoms with van der Waals surface area (Å²) in [6.45, 7) is 10.7. The van der Waals surface area contributed by atoms with Crippen LogP contribution in [0.25, 0.3) is 11.3 Å². The summed E-state index contributed by atoms with van der Waals surface area (Å²) < 4.78 is 40.0. The fraction of sp³-hybridized carbons (Fsp3) is 0.469. The second-order valence-electron chi connectivity index (χ2n) is 13.0. The lowest BCUT2D eigenvalue weighted by Crippen LogP contribution is -2.70. The standard InChI is InChI=1S/C32H39F2N7O4/c1-32(2,3)45-31(43)40-17-23(18-40)39-15-22(16-39)38-12-10-21(11-13-38)41-29(35)27(30(36)42)28(37-41)19-4-7-24(8-5-19)44-26-9-6-20(33)14-25(26)34/h4-9,14,21-23H,10-13,15-18,35H2,1-3H3,(H2,36,42). The molecule has 13 heteroatoms. The van der Waals surface area contributed by atoms with Crippen molar-refractivity contribution in [3.8, 4) is 22.8 Å². The number of aromatic nitrogens is 2. The first-order valence-corrected chi connectivity index (χ1v) is 15.2. The molecule has 6 rings (SSSR count). The van der Waals surface area contributed by atoms with Crippen LogP contribution in [0.4, 0.5) is 19.4 Å². The van der Waals surface area contributed by atoms with Crippen LogP contribution >= 0.6 is 0 Å². The molecule has 3 aliphatic heterocycles. The van der Waals surface area contributed by atoms with E-state index in [0.29, 0.717) is 42.2 Å². The topological polar surface area (TPSA) is 132 Å². The summed E-state index contributed by atoms with van der Waals surface area (Å²) in [6.07, 6.45) is 1.40. The van der Waals surface area contributed by atoms with Gasteiger partial charge in [-0.15, -0.1) is 0 Å². The van der Waals surface area contributed by atoms with Crippen molar-refractivity contribution in [2.45, 2.75) is 57.3 Å². The quantitative estimate of drug-likeness (QED) is 0.400. The van der Waals surface area contributed by atoms with Gasteiger partial charge in [-0.05, 0) is 70.0 Å². The van der Waals surface area contributed by atoms with E-state index in [0.717, 1.165) is 51.2 Å². The first-order valence-electron chi connectivity index (χ1n) is 15.2. The molecular weight excluding hydrogens is 584 g/mol. The molecule has 0 radical (unpaired) electrons. The zero-order valence-corrected chi connectivity index (χ0v) is 25.7. The number of hydrogen-bond donors (Lipinski definition) is 2.